The number of ether oxygens (including phenoxy) is 2. The lowest BCUT2D eigenvalue weighted by Crippen LogP contribution is -2.27. The number of esters is 2. The van der Waals surface area contributed by atoms with Crippen molar-refractivity contribution >= 4 is 29.5 Å². The second kappa shape index (κ2) is 11.3. The van der Waals surface area contributed by atoms with Gasteiger partial charge in [0.15, 0.2) is 12.6 Å². The highest BCUT2D eigenvalue weighted by Crippen LogP contribution is 2.27. The minimum Gasteiger partial charge on any atom is -0.455 e. The lowest BCUT2D eigenvalue weighted by atomic mass is 9.86. The smallest absolute Gasteiger partial charge is 0.343 e. The number of amides is 1. The van der Waals surface area contributed by atoms with Crippen LogP contribution < -0.4 is 16.2 Å². The van der Waals surface area contributed by atoms with Gasteiger partial charge in [0.05, 0.1) is 17.7 Å². The first kappa shape index (κ1) is 26.4. The van der Waals surface area contributed by atoms with Gasteiger partial charge in [-0.05, 0) is 53.3 Å². The number of carbonyl (C=O) groups excluding carboxylic acids is 3. The maximum absolute atomic E-state index is 12.9. The summed E-state index contributed by atoms with van der Waals surface area (Å²) in [6.45, 7) is 5.89. The Morgan fingerprint density at radius 3 is 2.21 bits per heavy atom. The van der Waals surface area contributed by atoms with Crippen molar-refractivity contribution < 1.29 is 23.9 Å². The fourth-order valence-electron chi connectivity index (χ4n) is 3.04. The van der Waals surface area contributed by atoms with Crippen LogP contribution in [0.2, 0.25) is 0 Å². The lowest BCUT2D eigenvalue weighted by Gasteiger charge is -2.20. The molecule has 0 aliphatic heterocycles. The molecule has 0 aliphatic carbocycles. The van der Waals surface area contributed by atoms with E-state index in [9.17, 15) is 14.4 Å². The molecule has 2 rings (SSSR count). The van der Waals surface area contributed by atoms with E-state index in [1.165, 1.54) is 4.90 Å². The number of hydrogen-bond donors (Lipinski definition) is 2. The molecule has 0 saturated heterocycles. The van der Waals surface area contributed by atoms with E-state index in [0.29, 0.717) is 29.0 Å². The van der Waals surface area contributed by atoms with E-state index in [0.717, 1.165) is 5.56 Å². The van der Waals surface area contributed by atoms with Gasteiger partial charge in [-0.3, -0.25) is 9.59 Å². The zero-order valence-electron chi connectivity index (χ0n) is 20.3. The zero-order chi connectivity index (χ0) is 25.5. The summed E-state index contributed by atoms with van der Waals surface area (Å²) in [6, 6.07) is 11.6. The summed E-state index contributed by atoms with van der Waals surface area (Å²) in [6.07, 6.45) is 0.611. The summed E-state index contributed by atoms with van der Waals surface area (Å²) < 4.78 is 10.5. The number of carbonyl (C=O) groups is 3. The van der Waals surface area contributed by atoms with Crippen LogP contribution in [-0.2, 0) is 27.2 Å². The van der Waals surface area contributed by atoms with Gasteiger partial charge in [-0.1, -0.05) is 32.9 Å². The molecule has 34 heavy (non-hydrogen) atoms. The first-order valence-corrected chi connectivity index (χ1v) is 10.7. The fraction of sp³-hybridized carbons (Fsp3) is 0.360. The minimum absolute atomic E-state index is 0.00306. The molecule has 9 heteroatoms. The molecule has 1 amide bonds. The minimum atomic E-state index is -0.521. The van der Waals surface area contributed by atoms with Crippen molar-refractivity contribution in [3.05, 3.63) is 59.2 Å². The molecular weight excluding hydrogens is 436 g/mol. The molecule has 0 radical (unpaired) electrons. The van der Waals surface area contributed by atoms with E-state index in [2.05, 4.69) is 25.8 Å². The molecular formula is C25H32N4O5. The van der Waals surface area contributed by atoms with Crippen molar-refractivity contribution in [3.63, 3.8) is 0 Å². The summed E-state index contributed by atoms with van der Waals surface area (Å²) in [5.74, 6) is -1.06. The Labute approximate surface area is 199 Å². The van der Waals surface area contributed by atoms with Gasteiger partial charge in [-0.15, -0.1) is 0 Å². The Morgan fingerprint density at radius 2 is 1.65 bits per heavy atom. The maximum Gasteiger partial charge on any atom is 0.343 e. The summed E-state index contributed by atoms with van der Waals surface area (Å²) >= 11 is 0. The normalized spacial score (nSPS) is 10.9. The predicted octanol–water partition coefficient (Wildman–Crippen LogP) is 2.57. The third-order valence-electron chi connectivity index (χ3n) is 4.63. The van der Waals surface area contributed by atoms with Gasteiger partial charge < -0.3 is 25.8 Å². The number of guanidine groups is 1. The highest BCUT2D eigenvalue weighted by molar-refractivity contribution is 5.93. The molecule has 0 aliphatic rings. The number of rotatable bonds is 8. The van der Waals surface area contributed by atoms with Crippen LogP contribution >= 0.6 is 0 Å². The molecule has 9 nitrogen and oxygen atoms in total. The maximum atomic E-state index is 12.9. The van der Waals surface area contributed by atoms with Crippen molar-refractivity contribution in [2.45, 2.75) is 33.6 Å². The highest BCUT2D eigenvalue weighted by Gasteiger charge is 2.20. The number of nitrogens with zero attached hydrogens (tertiary/aromatic N) is 2. The van der Waals surface area contributed by atoms with Crippen LogP contribution in [0.4, 0.5) is 5.69 Å². The van der Waals surface area contributed by atoms with Crippen LogP contribution in [0.1, 0.15) is 42.3 Å². The van der Waals surface area contributed by atoms with Crippen LogP contribution in [0.5, 0.6) is 5.75 Å². The van der Waals surface area contributed by atoms with E-state index in [1.807, 2.05) is 0 Å². The van der Waals surface area contributed by atoms with Gasteiger partial charge in [0, 0.05) is 14.1 Å². The summed E-state index contributed by atoms with van der Waals surface area (Å²) in [4.78, 5) is 41.8. The molecule has 2 aromatic rings. The molecule has 0 unspecified atom stereocenters. The molecule has 0 fully saturated rings. The first-order valence-electron chi connectivity index (χ1n) is 10.7. The third kappa shape index (κ3) is 8.57. The number of nitrogens with two attached hydrogens (primary N) is 2. The average molecular weight is 469 g/mol. The van der Waals surface area contributed by atoms with Crippen LogP contribution in [-0.4, -0.2) is 49.4 Å². The first-order chi connectivity index (χ1) is 15.8. The molecule has 2 aromatic carbocycles. The van der Waals surface area contributed by atoms with Crippen LogP contribution in [0.25, 0.3) is 0 Å². The van der Waals surface area contributed by atoms with Crippen molar-refractivity contribution in [3.8, 4) is 5.75 Å². The molecule has 0 aromatic heterocycles. The number of benzene rings is 2. The Kier molecular flexibility index (Phi) is 8.77. The molecule has 4 N–H and O–H groups in total. The quantitative estimate of drug-likeness (QED) is 0.263. The second-order valence-electron chi connectivity index (χ2n) is 9.27. The van der Waals surface area contributed by atoms with Crippen LogP contribution in [0, 0.1) is 5.41 Å². The van der Waals surface area contributed by atoms with E-state index in [-0.39, 0.29) is 30.3 Å². The molecule has 0 bridgehead atoms. The Bertz CT molecular complexity index is 1070. The summed E-state index contributed by atoms with van der Waals surface area (Å²) in [7, 11) is 3.17. The fourth-order valence-corrected chi connectivity index (χ4v) is 3.04. The Hall–Kier alpha value is -3.88. The average Bonchev–Trinajstić information content (AvgIpc) is 2.71. The van der Waals surface area contributed by atoms with E-state index in [1.54, 1.807) is 56.6 Å². The molecule has 182 valence electrons. The molecule has 0 atom stereocenters. The standard InChI is InChI=1S/C25H32N4O5/c1-25(2,3)14-17-13-18(28-24(26)27)8-11-20(17)23(32)34-19-9-6-16(7-10-19)12-22(31)33-15-21(30)29(4)5/h6-11,13H,12,14-15H2,1-5H3,(H4,26,27,28). The Morgan fingerprint density at radius 1 is 1.00 bits per heavy atom. The van der Waals surface area contributed by atoms with Gasteiger partial charge in [0.2, 0.25) is 0 Å². The lowest BCUT2D eigenvalue weighted by molar-refractivity contribution is -0.150. The molecule has 0 heterocycles. The topological polar surface area (TPSA) is 137 Å². The van der Waals surface area contributed by atoms with Crippen LogP contribution in [0.15, 0.2) is 47.5 Å². The molecule has 0 spiro atoms. The SMILES string of the molecule is CN(C)C(=O)COC(=O)Cc1ccc(OC(=O)c2ccc(N=C(N)N)cc2CC(C)(C)C)cc1. The van der Waals surface area contributed by atoms with E-state index < -0.39 is 11.9 Å². The van der Waals surface area contributed by atoms with Crippen molar-refractivity contribution in [2.75, 3.05) is 20.7 Å². The van der Waals surface area contributed by atoms with Crippen LogP contribution in [0.3, 0.4) is 0 Å². The van der Waals surface area contributed by atoms with Gasteiger partial charge in [0.25, 0.3) is 5.91 Å². The molecule has 0 saturated carbocycles. The largest absolute Gasteiger partial charge is 0.455 e. The number of likely N-dealkylation sites (N-methyl/N-ethyl adjacent to an activating group) is 1. The number of aliphatic imine (C=N–C) groups is 1. The monoisotopic (exact) mass is 468 g/mol. The zero-order valence-corrected chi connectivity index (χ0v) is 20.3. The number of hydrogen-bond acceptors (Lipinski definition) is 6. The van der Waals surface area contributed by atoms with Crippen molar-refractivity contribution in [2.24, 2.45) is 21.9 Å². The van der Waals surface area contributed by atoms with Gasteiger partial charge in [-0.2, -0.15) is 0 Å². The third-order valence-corrected chi connectivity index (χ3v) is 4.63. The summed E-state index contributed by atoms with van der Waals surface area (Å²) in [5, 5.41) is 0. The van der Waals surface area contributed by atoms with Gasteiger partial charge in [-0.25, -0.2) is 9.79 Å². The summed E-state index contributed by atoms with van der Waals surface area (Å²) in [5.41, 5.74) is 13.3. The highest BCUT2D eigenvalue weighted by atomic mass is 16.5. The van der Waals surface area contributed by atoms with Crippen molar-refractivity contribution in [1.29, 1.82) is 0 Å². The van der Waals surface area contributed by atoms with E-state index >= 15 is 0 Å². The van der Waals surface area contributed by atoms with Gasteiger partial charge in [0.1, 0.15) is 5.75 Å². The Balaban J connectivity index is 2.09. The van der Waals surface area contributed by atoms with Gasteiger partial charge >= 0.3 is 11.9 Å². The van der Waals surface area contributed by atoms with Crippen molar-refractivity contribution in [1.82, 2.24) is 4.90 Å². The predicted molar refractivity (Wildman–Crippen MR) is 130 cm³/mol. The van der Waals surface area contributed by atoms with E-state index in [4.69, 9.17) is 20.9 Å². The second-order valence-corrected chi connectivity index (χ2v) is 9.27.